The number of aryl methyl sites for hydroxylation is 3. The van der Waals surface area contributed by atoms with Gasteiger partial charge in [0, 0.05) is 5.69 Å². The van der Waals surface area contributed by atoms with E-state index in [1.54, 1.807) is 13.2 Å². The molecule has 0 amide bonds. The number of rotatable bonds is 4. The fraction of sp³-hybridized carbons (Fsp3) is 0.308. The molecule has 0 aliphatic rings. The predicted molar refractivity (Wildman–Crippen MR) is 65.4 cm³/mol. The number of para-hydroxylation sites is 1. The Balaban J connectivity index is 2.11. The standard InChI is InChI=1S/C13H16N2O2/c1-9-8-11(15-14-9)7-6-10-4-3-5-12(16)13(10)17-2/h3-5,8,16H,6-7H2,1-2H3,(H,14,15). The third-order valence-corrected chi connectivity index (χ3v) is 2.69. The molecule has 2 aromatic rings. The Hall–Kier alpha value is -1.97. The van der Waals surface area contributed by atoms with Gasteiger partial charge in [0.15, 0.2) is 11.5 Å². The van der Waals surface area contributed by atoms with Crippen LogP contribution >= 0.6 is 0 Å². The number of aromatic nitrogens is 2. The Bertz CT molecular complexity index is 506. The van der Waals surface area contributed by atoms with Gasteiger partial charge in [0.1, 0.15) is 0 Å². The molecule has 0 aliphatic carbocycles. The maximum atomic E-state index is 9.65. The van der Waals surface area contributed by atoms with Gasteiger partial charge in [-0.25, -0.2) is 0 Å². The van der Waals surface area contributed by atoms with Crippen LogP contribution < -0.4 is 4.74 Å². The van der Waals surface area contributed by atoms with E-state index in [1.807, 2.05) is 25.1 Å². The van der Waals surface area contributed by atoms with Crippen molar-refractivity contribution in [2.24, 2.45) is 0 Å². The van der Waals surface area contributed by atoms with Crippen molar-refractivity contribution < 1.29 is 9.84 Å². The van der Waals surface area contributed by atoms with E-state index in [2.05, 4.69) is 10.2 Å². The Morgan fingerprint density at radius 2 is 2.18 bits per heavy atom. The minimum absolute atomic E-state index is 0.184. The number of H-pyrrole nitrogens is 1. The summed E-state index contributed by atoms with van der Waals surface area (Å²) in [6.07, 6.45) is 1.62. The molecule has 4 nitrogen and oxygen atoms in total. The number of aromatic hydroxyl groups is 1. The zero-order valence-electron chi connectivity index (χ0n) is 10.0. The lowest BCUT2D eigenvalue weighted by Crippen LogP contribution is -1.96. The van der Waals surface area contributed by atoms with Crippen molar-refractivity contribution in [2.75, 3.05) is 7.11 Å². The van der Waals surface area contributed by atoms with Crippen LogP contribution in [0.15, 0.2) is 24.3 Å². The summed E-state index contributed by atoms with van der Waals surface area (Å²) in [6.45, 7) is 1.98. The summed E-state index contributed by atoms with van der Waals surface area (Å²) in [6, 6.07) is 7.43. The highest BCUT2D eigenvalue weighted by Gasteiger charge is 2.08. The van der Waals surface area contributed by atoms with Crippen LogP contribution in [0, 0.1) is 6.92 Å². The largest absolute Gasteiger partial charge is 0.504 e. The van der Waals surface area contributed by atoms with Crippen LogP contribution in [-0.2, 0) is 12.8 Å². The first kappa shape index (κ1) is 11.5. The van der Waals surface area contributed by atoms with E-state index in [1.165, 1.54) is 0 Å². The molecule has 4 heteroatoms. The van der Waals surface area contributed by atoms with E-state index < -0.39 is 0 Å². The minimum atomic E-state index is 0.184. The second-order valence-electron chi connectivity index (χ2n) is 4.01. The van der Waals surface area contributed by atoms with Gasteiger partial charge in [-0.1, -0.05) is 12.1 Å². The average molecular weight is 232 g/mol. The zero-order valence-corrected chi connectivity index (χ0v) is 10.0. The average Bonchev–Trinajstić information content (AvgIpc) is 2.72. The van der Waals surface area contributed by atoms with Crippen LogP contribution in [0.25, 0.3) is 0 Å². The van der Waals surface area contributed by atoms with Gasteiger partial charge < -0.3 is 9.84 Å². The van der Waals surface area contributed by atoms with Gasteiger partial charge in [0.2, 0.25) is 0 Å². The molecule has 17 heavy (non-hydrogen) atoms. The Morgan fingerprint density at radius 3 is 2.82 bits per heavy atom. The van der Waals surface area contributed by atoms with Crippen LogP contribution in [0.1, 0.15) is 17.0 Å². The number of hydrogen-bond donors (Lipinski definition) is 2. The van der Waals surface area contributed by atoms with E-state index in [-0.39, 0.29) is 5.75 Å². The number of ether oxygens (including phenoxy) is 1. The molecule has 0 aliphatic heterocycles. The van der Waals surface area contributed by atoms with Crippen molar-refractivity contribution in [1.29, 1.82) is 0 Å². The van der Waals surface area contributed by atoms with Crippen LogP contribution in [0.3, 0.4) is 0 Å². The molecule has 0 radical (unpaired) electrons. The SMILES string of the molecule is COc1c(O)cccc1CCc1cc(C)[nH]n1. The molecule has 0 bridgehead atoms. The molecule has 1 aromatic carbocycles. The smallest absolute Gasteiger partial charge is 0.163 e. The first-order chi connectivity index (χ1) is 8.20. The van der Waals surface area contributed by atoms with Gasteiger partial charge in [0.25, 0.3) is 0 Å². The third kappa shape index (κ3) is 2.58. The highest BCUT2D eigenvalue weighted by molar-refractivity contribution is 5.45. The summed E-state index contributed by atoms with van der Waals surface area (Å²) in [4.78, 5) is 0. The quantitative estimate of drug-likeness (QED) is 0.849. The monoisotopic (exact) mass is 232 g/mol. The maximum Gasteiger partial charge on any atom is 0.163 e. The normalized spacial score (nSPS) is 10.5. The van der Waals surface area contributed by atoms with Gasteiger partial charge >= 0.3 is 0 Å². The number of nitrogens with zero attached hydrogens (tertiary/aromatic N) is 1. The Morgan fingerprint density at radius 1 is 1.35 bits per heavy atom. The van der Waals surface area contributed by atoms with Crippen molar-refractivity contribution in [3.05, 3.63) is 41.2 Å². The van der Waals surface area contributed by atoms with Crippen molar-refractivity contribution in [1.82, 2.24) is 10.2 Å². The van der Waals surface area contributed by atoms with Gasteiger partial charge in [-0.3, -0.25) is 5.10 Å². The van der Waals surface area contributed by atoms with E-state index >= 15 is 0 Å². The third-order valence-electron chi connectivity index (χ3n) is 2.69. The van der Waals surface area contributed by atoms with E-state index in [0.717, 1.165) is 29.8 Å². The lowest BCUT2D eigenvalue weighted by molar-refractivity contribution is 0.369. The summed E-state index contributed by atoms with van der Waals surface area (Å²) in [7, 11) is 1.57. The first-order valence-corrected chi connectivity index (χ1v) is 5.56. The van der Waals surface area contributed by atoms with Gasteiger partial charge in [-0.15, -0.1) is 0 Å². The maximum absolute atomic E-state index is 9.65. The molecule has 0 saturated heterocycles. The van der Waals surface area contributed by atoms with E-state index in [4.69, 9.17) is 4.74 Å². The number of phenols is 1. The number of aromatic amines is 1. The van der Waals surface area contributed by atoms with Crippen molar-refractivity contribution in [3.63, 3.8) is 0 Å². The summed E-state index contributed by atoms with van der Waals surface area (Å²) < 4.78 is 5.19. The summed E-state index contributed by atoms with van der Waals surface area (Å²) in [5.74, 6) is 0.739. The first-order valence-electron chi connectivity index (χ1n) is 5.56. The Labute approximate surface area is 100 Å². The van der Waals surface area contributed by atoms with Gasteiger partial charge in [0.05, 0.1) is 12.8 Å². The molecular formula is C13H16N2O2. The molecule has 1 heterocycles. The van der Waals surface area contributed by atoms with Crippen molar-refractivity contribution >= 4 is 0 Å². The van der Waals surface area contributed by atoms with Gasteiger partial charge in [-0.2, -0.15) is 5.10 Å². The summed E-state index contributed by atoms with van der Waals surface area (Å²) in [5, 5.41) is 16.7. The number of methoxy groups -OCH3 is 1. The zero-order chi connectivity index (χ0) is 12.3. The van der Waals surface area contributed by atoms with Crippen molar-refractivity contribution in [2.45, 2.75) is 19.8 Å². The lowest BCUT2D eigenvalue weighted by Gasteiger charge is -2.09. The van der Waals surface area contributed by atoms with Crippen LogP contribution in [0.5, 0.6) is 11.5 Å². The lowest BCUT2D eigenvalue weighted by atomic mass is 10.1. The number of phenolic OH excluding ortho intramolecular Hbond substituents is 1. The summed E-state index contributed by atoms with van der Waals surface area (Å²) >= 11 is 0. The van der Waals surface area contributed by atoms with E-state index in [9.17, 15) is 5.11 Å². The fourth-order valence-electron chi connectivity index (χ4n) is 1.87. The van der Waals surface area contributed by atoms with Crippen LogP contribution in [-0.4, -0.2) is 22.4 Å². The van der Waals surface area contributed by atoms with Crippen LogP contribution in [0.4, 0.5) is 0 Å². The number of benzene rings is 1. The second kappa shape index (κ2) is 4.91. The Kier molecular flexibility index (Phi) is 3.32. The topological polar surface area (TPSA) is 58.1 Å². The van der Waals surface area contributed by atoms with Crippen molar-refractivity contribution in [3.8, 4) is 11.5 Å². The number of nitrogens with one attached hydrogen (secondary N) is 1. The predicted octanol–water partition coefficient (Wildman–Crippen LogP) is 2.22. The molecule has 2 rings (SSSR count). The summed E-state index contributed by atoms with van der Waals surface area (Å²) in [5.41, 5.74) is 3.07. The fourth-order valence-corrected chi connectivity index (χ4v) is 1.87. The minimum Gasteiger partial charge on any atom is -0.504 e. The number of hydrogen-bond acceptors (Lipinski definition) is 3. The highest BCUT2D eigenvalue weighted by atomic mass is 16.5. The molecule has 0 saturated carbocycles. The molecule has 90 valence electrons. The molecule has 0 fully saturated rings. The molecule has 0 unspecified atom stereocenters. The highest BCUT2D eigenvalue weighted by Crippen LogP contribution is 2.30. The van der Waals surface area contributed by atoms with Gasteiger partial charge in [-0.05, 0) is 37.5 Å². The molecule has 2 N–H and O–H groups in total. The second-order valence-corrected chi connectivity index (χ2v) is 4.01. The van der Waals surface area contributed by atoms with Crippen LogP contribution in [0.2, 0.25) is 0 Å². The molecule has 1 aromatic heterocycles. The molecule has 0 spiro atoms. The molecular weight excluding hydrogens is 216 g/mol. The molecule has 0 atom stereocenters. The van der Waals surface area contributed by atoms with E-state index in [0.29, 0.717) is 5.75 Å².